The molecule has 5 heteroatoms. The van der Waals surface area contributed by atoms with Gasteiger partial charge < -0.3 is 15.3 Å². The molecule has 116 valence electrons. The van der Waals surface area contributed by atoms with Crippen LogP contribution < -0.4 is 5.32 Å². The second-order valence-corrected chi connectivity index (χ2v) is 6.03. The Morgan fingerprint density at radius 2 is 2.24 bits per heavy atom. The van der Waals surface area contributed by atoms with Crippen LogP contribution in [0.1, 0.15) is 37.4 Å². The Hall–Kier alpha value is -1.62. The van der Waals surface area contributed by atoms with Crippen molar-refractivity contribution >= 4 is 6.09 Å². The normalized spacial score (nSPS) is 22.0. The van der Waals surface area contributed by atoms with Crippen molar-refractivity contribution < 1.29 is 14.3 Å². The van der Waals surface area contributed by atoms with Gasteiger partial charge in [-0.1, -0.05) is 19.9 Å². The molecule has 1 saturated heterocycles. The summed E-state index contributed by atoms with van der Waals surface area (Å²) in [5.41, 5.74) is 1.72. The molecule has 1 amide bonds. The maximum Gasteiger partial charge on any atom is 0.407 e. The highest BCUT2D eigenvalue weighted by Gasteiger charge is 2.38. The number of carbonyl (C=O) groups is 1. The van der Waals surface area contributed by atoms with E-state index in [9.17, 15) is 14.3 Å². The summed E-state index contributed by atoms with van der Waals surface area (Å²) in [5.74, 6) is -0.0689. The van der Waals surface area contributed by atoms with Gasteiger partial charge in [0.1, 0.15) is 5.82 Å². The average molecular weight is 294 g/mol. The number of rotatable bonds is 4. The summed E-state index contributed by atoms with van der Waals surface area (Å²) in [6.07, 6.45) is -0.0798. The molecule has 1 aliphatic rings. The maximum absolute atomic E-state index is 13.3. The van der Waals surface area contributed by atoms with E-state index >= 15 is 0 Å². The standard InChI is InChI=1S/C16H23FN2O2/c1-10(2)18-9-12-6-7-19(16(20)21)15(12)14-5-4-13(17)8-11(14)3/h4-5,8,10,12,15,18H,6-7,9H2,1-3H3,(H,20,21)/t12-,15+/m0/s1. The Labute approximate surface area is 125 Å². The first-order valence-corrected chi connectivity index (χ1v) is 7.39. The molecule has 2 rings (SSSR count). The number of hydrogen-bond acceptors (Lipinski definition) is 2. The largest absolute Gasteiger partial charge is 0.465 e. The average Bonchev–Trinajstić information content (AvgIpc) is 2.80. The molecule has 0 radical (unpaired) electrons. The Bertz CT molecular complexity index is 519. The zero-order chi connectivity index (χ0) is 15.6. The number of nitrogens with zero attached hydrogens (tertiary/aromatic N) is 1. The van der Waals surface area contributed by atoms with Gasteiger partial charge in [-0.3, -0.25) is 0 Å². The second kappa shape index (κ2) is 6.43. The van der Waals surface area contributed by atoms with Gasteiger partial charge >= 0.3 is 6.09 Å². The van der Waals surface area contributed by atoms with Crippen LogP contribution in [0.4, 0.5) is 9.18 Å². The topological polar surface area (TPSA) is 52.6 Å². The molecular formula is C16H23FN2O2. The Morgan fingerprint density at radius 1 is 1.52 bits per heavy atom. The summed E-state index contributed by atoms with van der Waals surface area (Å²) in [5, 5.41) is 12.8. The smallest absolute Gasteiger partial charge is 0.407 e. The molecule has 0 unspecified atom stereocenters. The lowest BCUT2D eigenvalue weighted by molar-refractivity contribution is 0.134. The Morgan fingerprint density at radius 3 is 2.81 bits per heavy atom. The van der Waals surface area contributed by atoms with Crippen molar-refractivity contribution in [1.82, 2.24) is 10.2 Å². The molecule has 21 heavy (non-hydrogen) atoms. The summed E-state index contributed by atoms with van der Waals surface area (Å²) in [6, 6.07) is 4.76. The molecule has 0 aliphatic carbocycles. The van der Waals surface area contributed by atoms with E-state index in [0.29, 0.717) is 12.6 Å². The summed E-state index contributed by atoms with van der Waals surface area (Å²) in [4.78, 5) is 13.0. The van der Waals surface area contributed by atoms with Crippen LogP contribution in [0.25, 0.3) is 0 Å². The first-order chi connectivity index (χ1) is 9.90. The summed E-state index contributed by atoms with van der Waals surface area (Å²) >= 11 is 0. The first kappa shape index (κ1) is 15.8. The van der Waals surface area contributed by atoms with Crippen LogP contribution in [0.3, 0.4) is 0 Å². The fourth-order valence-electron chi connectivity index (χ4n) is 3.06. The van der Waals surface area contributed by atoms with Crippen molar-refractivity contribution in [1.29, 1.82) is 0 Å². The monoisotopic (exact) mass is 294 g/mol. The molecule has 1 aliphatic heterocycles. The van der Waals surface area contributed by atoms with E-state index in [1.54, 1.807) is 6.07 Å². The molecular weight excluding hydrogens is 271 g/mol. The molecule has 1 heterocycles. The van der Waals surface area contributed by atoms with Crippen LogP contribution in [0, 0.1) is 18.7 Å². The lowest BCUT2D eigenvalue weighted by Crippen LogP contribution is -2.35. The van der Waals surface area contributed by atoms with Gasteiger partial charge in [-0.05, 0) is 42.5 Å². The molecule has 0 spiro atoms. The van der Waals surface area contributed by atoms with Crippen LogP contribution in [0.5, 0.6) is 0 Å². The number of aryl methyl sites for hydroxylation is 1. The summed E-state index contributed by atoms with van der Waals surface area (Å²) < 4.78 is 13.3. The lowest BCUT2D eigenvalue weighted by atomic mass is 9.90. The molecule has 0 bridgehead atoms. The number of benzene rings is 1. The van der Waals surface area contributed by atoms with E-state index in [1.807, 2.05) is 6.92 Å². The second-order valence-electron chi connectivity index (χ2n) is 6.03. The van der Waals surface area contributed by atoms with Gasteiger partial charge in [0.2, 0.25) is 0 Å². The summed E-state index contributed by atoms with van der Waals surface area (Å²) in [6.45, 7) is 7.28. The molecule has 2 atom stereocenters. The number of amides is 1. The minimum Gasteiger partial charge on any atom is -0.465 e. The van der Waals surface area contributed by atoms with E-state index in [-0.39, 0.29) is 17.8 Å². The van der Waals surface area contributed by atoms with Gasteiger partial charge in [0.25, 0.3) is 0 Å². The predicted molar refractivity (Wildman–Crippen MR) is 79.9 cm³/mol. The first-order valence-electron chi connectivity index (χ1n) is 7.39. The fourth-order valence-corrected chi connectivity index (χ4v) is 3.06. The fraction of sp³-hybridized carbons (Fsp3) is 0.562. The predicted octanol–water partition coefficient (Wildman–Crippen LogP) is 3.17. The highest BCUT2D eigenvalue weighted by molar-refractivity contribution is 5.66. The zero-order valence-electron chi connectivity index (χ0n) is 12.8. The molecule has 0 saturated carbocycles. The third-order valence-electron chi connectivity index (χ3n) is 4.11. The number of nitrogens with one attached hydrogen (secondary N) is 1. The SMILES string of the molecule is Cc1cc(F)ccc1[C@H]1[C@H](CNC(C)C)CCN1C(=O)O. The third-order valence-corrected chi connectivity index (χ3v) is 4.11. The molecule has 1 fully saturated rings. The van der Waals surface area contributed by atoms with Gasteiger partial charge in [-0.2, -0.15) is 0 Å². The van der Waals surface area contributed by atoms with E-state index in [0.717, 1.165) is 24.1 Å². The Kier molecular flexibility index (Phi) is 4.83. The van der Waals surface area contributed by atoms with Gasteiger partial charge in [0, 0.05) is 19.1 Å². The van der Waals surface area contributed by atoms with Gasteiger partial charge in [0.15, 0.2) is 0 Å². The van der Waals surface area contributed by atoms with E-state index < -0.39 is 6.09 Å². The quantitative estimate of drug-likeness (QED) is 0.897. The lowest BCUT2D eigenvalue weighted by Gasteiger charge is -2.28. The maximum atomic E-state index is 13.3. The van der Waals surface area contributed by atoms with Crippen LogP contribution >= 0.6 is 0 Å². The molecule has 1 aromatic rings. The highest BCUT2D eigenvalue weighted by Crippen LogP contribution is 2.38. The summed E-state index contributed by atoms with van der Waals surface area (Å²) in [7, 11) is 0. The molecule has 4 nitrogen and oxygen atoms in total. The number of carboxylic acid groups (broad SMARTS) is 1. The van der Waals surface area contributed by atoms with E-state index in [1.165, 1.54) is 17.0 Å². The minimum absolute atomic E-state index is 0.200. The van der Waals surface area contributed by atoms with Gasteiger partial charge in [-0.15, -0.1) is 0 Å². The molecule has 1 aromatic carbocycles. The number of hydrogen-bond donors (Lipinski definition) is 2. The van der Waals surface area contributed by atoms with Crippen LogP contribution in [0.2, 0.25) is 0 Å². The van der Waals surface area contributed by atoms with Crippen molar-refractivity contribution in [2.75, 3.05) is 13.1 Å². The van der Waals surface area contributed by atoms with Crippen molar-refractivity contribution in [3.05, 3.63) is 35.1 Å². The van der Waals surface area contributed by atoms with Crippen molar-refractivity contribution in [3.63, 3.8) is 0 Å². The van der Waals surface area contributed by atoms with Crippen LogP contribution in [0.15, 0.2) is 18.2 Å². The Balaban J connectivity index is 2.29. The minimum atomic E-state index is -0.907. The number of halogens is 1. The highest BCUT2D eigenvalue weighted by atomic mass is 19.1. The van der Waals surface area contributed by atoms with Crippen molar-refractivity contribution in [3.8, 4) is 0 Å². The van der Waals surface area contributed by atoms with Gasteiger partial charge in [-0.25, -0.2) is 9.18 Å². The number of likely N-dealkylation sites (tertiary alicyclic amines) is 1. The van der Waals surface area contributed by atoms with Crippen LogP contribution in [-0.4, -0.2) is 35.2 Å². The van der Waals surface area contributed by atoms with E-state index in [4.69, 9.17) is 0 Å². The third kappa shape index (κ3) is 3.53. The van der Waals surface area contributed by atoms with Gasteiger partial charge in [0.05, 0.1) is 6.04 Å². The van der Waals surface area contributed by atoms with Crippen LogP contribution in [-0.2, 0) is 0 Å². The van der Waals surface area contributed by atoms with Crippen molar-refractivity contribution in [2.24, 2.45) is 5.92 Å². The van der Waals surface area contributed by atoms with E-state index in [2.05, 4.69) is 19.2 Å². The zero-order valence-corrected chi connectivity index (χ0v) is 12.8. The van der Waals surface area contributed by atoms with Crippen molar-refractivity contribution in [2.45, 2.75) is 39.3 Å². The molecule has 2 N–H and O–H groups in total. The molecule has 0 aromatic heterocycles.